The minimum atomic E-state index is -4.64. The minimum Gasteiger partial charge on any atom is -0.464 e. The van der Waals surface area contributed by atoms with Gasteiger partial charge in [-0.3, -0.25) is 0 Å². The molecule has 0 saturated heterocycles. The number of fused-ring (bicyclic) bond motifs is 5. The molecule has 0 N–H and O–H groups in total. The summed E-state index contributed by atoms with van der Waals surface area (Å²) in [4.78, 5) is 23.4. The van der Waals surface area contributed by atoms with Gasteiger partial charge in [-0.25, -0.2) is 19.5 Å². The number of pyridine rings is 1. The number of hydrogen-bond acceptors (Lipinski definition) is 9. The second kappa shape index (κ2) is 7.81. The lowest BCUT2D eigenvalue weighted by atomic mass is 10.1. The molecule has 6 rings (SSSR count). The number of alkyl halides is 3. The van der Waals surface area contributed by atoms with Gasteiger partial charge in [-0.15, -0.1) is 16.4 Å². The van der Waals surface area contributed by atoms with E-state index in [2.05, 4.69) is 25.1 Å². The Morgan fingerprint density at radius 1 is 1.22 bits per heavy atom. The van der Waals surface area contributed by atoms with Gasteiger partial charge in [0.25, 0.3) is 0 Å². The SMILES string of the molecule is Cc1cc([N+](=O)[O-])nn1CCc1nc2c3sc4nc(C(F)(F)F)cc(-c5ccco5)c4c3ncn2n1. The van der Waals surface area contributed by atoms with Gasteiger partial charge in [-0.05, 0) is 30.0 Å². The number of nitro groups is 1. The first-order valence-electron chi connectivity index (χ1n) is 10.5. The Morgan fingerprint density at radius 3 is 2.75 bits per heavy atom. The van der Waals surface area contributed by atoms with Crippen molar-refractivity contribution in [2.24, 2.45) is 0 Å². The number of aryl methyl sites for hydroxylation is 3. The van der Waals surface area contributed by atoms with E-state index in [0.717, 1.165) is 17.4 Å². The van der Waals surface area contributed by atoms with Crippen molar-refractivity contribution in [3.05, 3.63) is 64.2 Å². The Bertz CT molecular complexity index is 1790. The third kappa shape index (κ3) is 3.55. The summed E-state index contributed by atoms with van der Waals surface area (Å²) < 4.78 is 49.6. The van der Waals surface area contributed by atoms with Crippen LogP contribution in [0, 0.1) is 17.0 Å². The first kappa shape index (κ1) is 22.1. The molecule has 0 radical (unpaired) electrons. The fourth-order valence-corrected chi connectivity index (χ4v) is 5.09. The standard InChI is InChI=1S/C21H13F3N8O3S/c1-10-7-15(32(33)34)29-30(10)5-4-14-27-19-18-17(25-9-31(19)28-14)16-11(12-3-2-6-35-12)8-13(21(22,23)24)26-20(16)36-18/h2-3,6-9H,4-5H2,1H3. The van der Waals surface area contributed by atoms with Crippen molar-refractivity contribution < 1.29 is 22.5 Å². The van der Waals surface area contributed by atoms with Crippen molar-refractivity contribution in [1.29, 1.82) is 0 Å². The highest BCUT2D eigenvalue weighted by Crippen LogP contribution is 2.42. The maximum atomic E-state index is 13.6. The van der Waals surface area contributed by atoms with Gasteiger partial charge >= 0.3 is 12.0 Å². The van der Waals surface area contributed by atoms with Gasteiger partial charge < -0.3 is 14.5 Å². The lowest BCUT2D eigenvalue weighted by molar-refractivity contribution is -0.389. The largest absolute Gasteiger partial charge is 0.464 e. The van der Waals surface area contributed by atoms with Crippen LogP contribution in [0.3, 0.4) is 0 Å². The fraction of sp³-hybridized carbons (Fsp3) is 0.190. The van der Waals surface area contributed by atoms with Crippen LogP contribution in [-0.4, -0.2) is 39.3 Å². The van der Waals surface area contributed by atoms with Gasteiger partial charge in [0, 0.05) is 17.4 Å². The highest BCUT2D eigenvalue weighted by atomic mass is 32.1. The third-order valence-electron chi connectivity index (χ3n) is 5.59. The number of halogens is 3. The first-order chi connectivity index (χ1) is 17.2. The van der Waals surface area contributed by atoms with Gasteiger partial charge in [0.15, 0.2) is 11.5 Å². The fourth-order valence-electron chi connectivity index (χ4n) is 3.96. The second-order valence-corrected chi connectivity index (χ2v) is 8.90. The maximum Gasteiger partial charge on any atom is 0.433 e. The molecule has 182 valence electrons. The van der Waals surface area contributed by atoms with Crippen molar-refractivity contribution in [2.45, 2.75) is 26.1 Å². The van der Waals surface area contributed by atoms with E-state index in [1.807, 2.05) is 0 Å². The van der Waals surface area contributed by atoms with Gasteiger partial charge in [0.1, 0.15) is 27.3 Å². The average molecular weight is 514 g/mol. The van der Waals surface area contributed by atoms with E-state index in [-0.39, 0.29) is 22.0 Å². The Hall–Kier alpha value is -4.40. The monoisotopic (exact) mass is 514 g/mol. The highest BCUT2D eigenvalue weighted by molar-refractivity contribution is 7.26. The Morgan fingerprint density at radius 2 is 2.06 bits per heavy atom. The molecule has 6 aromatic heterocycles. The molecule has 6 aromatic rings. The van der Waals surface area contributed by atoms with Crippen LogP contribution in [0.15, 0.2) is 41.3 Å². The van der Waals surface area contributed by atoms with Crippen molar-refractivity contribution in [3.8, 4) is 11.3 Å². The van der Waals surface area contributed by atoms with Crippen LogP contribution in [0.1, 0.15) is 17.2 Å². The topological polar surface area (TPSA) is 130 Å². The zero-order valence-electron chi connectivity index (χ0n) is 18.2. The number of aromatic nitrogens is 7. The Kier molecular flexibility index (Phi) is 4.79. The molecular formula is C21H13F3N8O3S. The zero-order chi connectivity index (χ0) is 25.2. The molecule has 15 heteroatoms. The molecule has 36 heavy (non-hydrogen) atoms. The molecule has 0 saturated carbocycles. The number of nitrogens with zero attached hydrogens (tertiary/aromatic N) is 8. The highest BCUT2D eigenvalue weighted by Gasteiger charge is 2.34. The summed E-state index contributed by atoms with van der Waals surface area (Å²) >= 11 is 1.04. The summed E-state index contributed by atoms with van der Waals surface area (Å²) in [6.07, 6.45) is -1.50. The lowest BCUT2D eigenvalue weighted by Crippen LogP contribution is -2.07. The van der Waals surface area contributed by atoms with Gasteiger partial charge in [-0.1, -0.05) is 0 Å². The normalized spacial score (nSPS) is 12.3. The summed E-state index contributed by atoms with van der Waals surface area (Å²) in [5, 5.41) is 19.7. The van der Waals surface area contributed by atoms with E-state index in [0.29, 0.717) is 45.7 Å². The van der Waals surface area contributed by atoms with Crippen LogP contribution < -0.4 is 0 Å². The molecule has 0 fully saturated rings. The molecule has 0 spiro atoms. The summed E-state index contributed by atoms with van der Waals surface area (Å²) in [6, 6.07) is 5.50. The van der Waals surface area contributed by atoms with Crippen LogP contribution >= 0.6 is 11.3 Å². The van der Waals surface area contributed by atoms with Crippen molar-refractivity contribution in [2.75, 3.05) is 0 Å². The quantitative estimate of drug-likeness (QED) is 0.236. The number of thiophene rings is 1. The van der Waals surface area contributed by atoms with Crippen LogP contribution in [0.25, 0.3) is 37.4 Å². The van der Waals surface area contributed by atoms with Crippen LogP contribution in [0.4, 0.5) is 19.0 Å². The van der Waals surface area contributed by atoms with Gasteiger partial charge in [-0.2, -0.15) is 17.9 Å². The van der Waals surface area contributed by atoms with E-state index in [1.165, 1.54) is 27.9 Å². The first-order valence-corrected chi connectivity index (χ1v) is 11.3. The summed E-state index contributed by atoms with van der Waals surface area (Å²) in [5.74, 6) is 0.444. The van der Waals surface area contributed by atoms with Crippen molar-refractivity contribution in [3.63, 3.8) is 0 Å². The molecule has 0 unspecified atom stereocenters. The van der Waals surface area contributed by atoms with Crippen molar-refractivity contribution >= 4 is 43.2 Å². The average Bonchev–Trinajstić information content (AvgIpc) is 3.60. The molecule has 0 aromatic carbocycles. The van der Waals surface area contributed by atoms with E-state index in [9.17, 15) is 23.3 Å². The Balaban J connectivity index is 1.46. The summed E-state index contributed by atoms with van der Waals surface area (Å²) in [7, 11) is 0. The lowest BCUT2D eigenvalue weighted by Gasteiger charge is -2.08. The summed E-state index contributed by atoms with van der Waals surface area (Å²) in [5.41, 5.74) is 0.675. The molecular weight excluding hydrogens is 501 g/mol. The smallest absolute Gasteiger partial charge is 0.433 e. The van der Waals surface area contributed by atoms with E-state index >= 15 is 0 Å². The molecule has 0 aliphatic carbocycles. The van der Waals surface area contributed by atoms with E-state index in [1.54, 1.807) is 19.1 Å². The molecule has 0 aliphatic heterocycles. The Labute approximate surface area is 202 Å². The predicted octanol–water partition coefficient (Wildman–Crippen LogP) is 4.82. The number of hydrogen-bond donors (Lipinski definition) is 0. The van der Waals surface area contributed by atoms with Crippen LogP contribution in [0.5, 0.6) is 0 Å². The third-order valence-corrected chi connectivity index (χ3v) is 6.66. The van der Waals surface area contributed by atoms with E-state index in [4.69, 9.17) is 4.42 Å². The van der Waals surface area contributed by atoms with E-state index < -0.39 is 16.8 Å². The number of rotatable bonds is 5. The predicted molar refractivity (Wildman–Crippen MR) is 121 cm³/mol. The number of furan rings is 1. The zero-order valence-corrected chi connectivity index (χ0v) is 19.0. The maximum absolute atomic E-state index is 13.6. The summed E-state index contributed by atoms with van der Waals surface area (Å²) in [6.45, 7) is 2.01. The minimum absolute atomic E-state index is 0.149. The molecule has 11 nitrogen and oxygen atoms in total. The van der Waals surface area contributed by atoms with Crippen LogP contribution in [-0.2, 0) is 19.1 Å². The van der Waals surface area contributed by atoms with Crippen LogP contribution in [0.2, 0.25) is 0 Å². The van der Waals surface area contributed by atoms with Gasteiger partial charge in [0.2, 0.25) is 0 Å². The molecule has 6 heterocycles. The molecule has 0 amide bonds. The molecule has 0 bridgehead atoms. The second-order valence-electron chi connectivity index (χ2n) is 7.91. The van der Waals surface area contributed by atoms with Crippen molar-refractivity contribution in [1.82, 2.24) is 34.3 Å². The van der Waals surface area contributed by atoms with Gasteiger partial charge in [0.05, 0.1) is 35.2 Å². The molecule has 0 atom stereocenters. The molecule has 0 aliphatic rings.